The van der Waals surface area contributed by atoms with Gasteiger partial charge in [-0.1, -0.05) is 48.5 Å². The maximum Gasteiger partial charge on any atom is 0.124 e. The third kappa shape index (κ3) is 4.16. The molecule has 2 saturated heterocycles. The summed E-state index contributed by atoms with van der Waals surface area (Å²) in [6.45, 7) is 4.27. The maximum absolute atomic E-state index is 5.00. The fraction of sp³-hybridized carbons (Fsp3) is 0.290. The highest BCUT2D eigenvalue weighted by Crippen LogP contribution is 2.31. The smallest absolute Gasteiger partial charge is 0.124 e. The van der Waals surface area contributed by atoms with E-state index in [0.717, 1.165) is 65.2 Å². The van der Waals surface area contributed by atoms with Crippen LogP contribution in [0.15, 0.2) is 66.7 Å². The minimum Gasteiger partial charge on any atom is -0.341 e. The van der Waals surface area contributed by atoms with Crippen molar-refractivity contribution < 1.29 is 0 Å². The molecule has 6 nitrogen and oxygen atoms in total. The number of hydrogen-bond donors (Lipinski definition) is 4. The normalized spacial score (nSPS) is 19.7. The van der Waals surface area contributed by atoms with Crippen molar-refractivity contribution in [1.29, 1.82) is 0 Å². The lowest BCUT2D eigenvalue weighted by Gasteiger charge is -2.05. The minimum absolute atomic E-state index is 0.324. The molecule has 6 heteroatoms. The summed E-state index contributed by atoms with van der Waals surface area (Å²) in [7, 11) is 0. The molecule has 0 radical (unpaired) electrons. The largest absolute Gasteiger partial charge is 0.341 e. The molecule has 2 atom stereocenters. The number of nitrogens with zero attached hydrogens (tertiary/aromatic N) is 2. The number of benzene rings is 2. The highest BCUT2D eigenvalue weighted by Gasteiger charge is 2.21. The quantitative estimate of drug-likeness (QED) is 0.232. The second-order valence-corrected chi connectivity index (χ2v) is 10.4. The van der Waals surface area contributed by atoms with Crippen LogP contribution in [-0.4, -0.2) is 33.0 Å². The summed E-state index contributed by atoms with van der Waals surface area (Å²) in [6, 6.07) is 24.6. The van der Waals surface area contributed by atoms with Gasteiger partial charge in [0.25, 0.3) is 0 Å². The highest BCUT2D eigenvalue weighted by molar-refractivity contribution is 6.05. The Morgan fingerprint density at radius 2 is 1.35 bits per heavy atom. The number of aryl methyl sites for hydroxylation is 1. The number of H-pyrrole nitrogens is 2. The predicted octanol–water partition coefficient (Wildman–Crippen LogP) is 6.54. The van der Waals surface area contributed by atoms with E-state index in [4.69, 9.17) is 9.97 Å². The van der Waals surface area contributed by atoms with Crippen LogP contribution >= 0.6 is 0 Å². The molecule has 4 N–H and O–H groups in total. The molecule has 0 bridgehead atoms. The topological polar surface area (TPSA) is 81.4 Å². The monoisotopic (exact) mass is 488 g/mol. The van der Waals surface area contributed by atoms with E-state index < -0.39 is 0 Å². The molecule has 4 heterocycles. The molecule has 0 amide bonds. The average molecular weight is 489 g/mol. The molecule has 2 aliphatic heterocycles. The molecule has 0 unspecified atom stereocenters. The van der Waals surface area contributed by atoms with Gasteiger partial charge in [-0.3, -0.25) is 0 Å². The van der Waals surface area contributed by atoms with Gasteiger partial charge in [0.2, 0.25) is 0 Å². The van der Waals surface area contributed by atoms with Crippen LogP contribution in [0.4, 0.5) is 0 Å². The summed E-state index contributed by atoms with van der Waals surface area (Å²) < 4.78 is 0. The van der Waals surface area contributed by atoms with Crippen molar-refractivity contribution in [2.45, 2.75) is 44.7 Å². The van der Waals surface area contributed by atoms with Crippen molar-refractivity contribution in [3.8, 4) is 11.1 Å². The number of hydrogen-bond acceptors (Lipinski definition) is 4. The fourth-order valence-electron chi connectivity index (χ4n) is 5.85. The zero-order valence-electron chi connectivity index (χ0n) is 21.1. The second kappa shape index (κ2) is 9.29. The lowest BCUT2D eigenvalue weighted by Crippen LogP contribution is -2.14. The van der Waals surface area contributed by atoms with Crippen LogP contribution < -0.4 is 10.6 Å². The van der Waals surface area contributed by atoms with Crippen molar-refractivity contribution in [3.05, 3.63) is 83.9 Å². The number of aromatic amines is 2. The molecule has 7 rings (SSSR count). The van der Waals surface area contributed by atoms with Gasteiger partial charge in [-0.2, -0.15) is 0 Å². The number of imidazole rings is 2. The SMILES string of the molecule is Cc1ccc(-c2ccc3c(ccc4[nH]c([C@@H]5CCCN5)nc43)c2)ccccc2[nH]c([C@@H]3CCCN3)nc12. The Morgan fingerprint density at radius 1 is 0.676 bits per heavy atom. The van der Waals surface area contributed by atoms with Gasteiger partial charge >= 0.3 is 0 Å². The zero-order valence-corrected chi connectivity index (χ0v) is 21.1. The Morgan fingerprint density at radius 3 is 2.08 bits per heavy atom. The van der Waals surface area contributed by atoms with E-state index in [1.54, 1.807) is 0 Å². The van der Waals surface area contributed by atoms with Crippen molar-refractivity contribution in [1.82, 2.24) is 30.6 Å². The standard InChI is InChI=1S/C31H32N6/c1-19-10-11-20(6-2-3-7-24-28(19)36-30(34-24)26-8-4-16-32-26)21-12-14-23-22(18-21)13-15-25-29(23)37-31(35-25)27-9-5-17-33-27/h2-3,6-7,10-15,18,26-27,32-33H,4-5,8-9,16-17H2,1H3,(H,34,36)(H,35,37)/t26-,27-/m0/s1. The zero-order chi connectivity index (χ0) is 24.8. The predicted molar refractivity (Wildman–Crippen MR) is 151 cm³/mol. The van der Waals surface area contributed by atoms with Gasteiger partial charge in [0, 0.05) is 5.39 Å². The molecule has 2 aromatic heterocycles. The van der Waals surface area contributed by atoms with Crippen molar-refractivity contribution in [3.63, 3.8) is 0 Å². The summed E-state index contributed by atoms with van der Waals surface area (Å²) in [6.07, 6.45) is 4.68. The fourth-order valence-corrected chi connectivity index (χ4v) is 5.85. The van der Waals surface area contributed by atoms with Crippen LogP contribution in [0.25, 0.3) is 44.0 Å². The lowest BCUT2D eigenvalue weighted by atomic mass is 10.0. The number of rotatable bonds is 3. The second-order valence-electron chi connectivity index (χ2n) is 10.4. The minimum atomic E-state index is 0.324. The first-order valence-corrected chi connectivity index (χ1v) is 13.5. The van der Waals surface area contributed by atoms with Crippen molar-refractivity contribution in [2.24, 2.45) is 0 Å². The molecular weight excluding hydrogens is 456 g/mol. The van der Waals surface area contributed by atoms with Gasteiger partial charge in [-0.15, -0.1) is 0 Å². The Balaban J connectivity index is 1.28. The van der Waals surface area contributed by atoms with E-state index in [1.807, 2.05) is 0 Å². The first-order valence-electron chi connectivity index (χ1n) is 13.5. The molecule has 3 aromatic carbocycles. The van der Waals surface area contributed by atoms with Crippen molar-refractivity contribution >= 4 is 32.8 Å². The van der Waals surface area contributed by atoms with Gasteiger partial charge in [0.05, 0.1) is 34.2 Å². The first-order chi connectivity index (χ1) is 18.2. The number of fused-ring (bicyclic) bond motifs is 4. The molecule has 5 aromatic rings. The van der Waals surface area contributed by atoms with Gasteiger partial charge in [0.1, 0.15) is 11.6 Å². The molecule has 2 aliphatic rings. The maximum atomic E-state index is 5.00. The molecule has 0 spiro atoms. The van der Waals surface area contributed by atoms with E-state index in [-0.39, 0.29) is 0 Å². The first kappa shape index (κ1) is 22.5. The number of aromatic nitrogens is 4. The van der Waals surface area contributed by atoms with Gasteiger partial charge in [-0.05, 0) is 86.0 Å². The average Bonchev–Trinajstić information content (AvgIpc) is 3.73. The van der Waals surface area contributed by atoms with Gasteiger partial charge in [0.15, 0.2) is 0 Å². The molecule has 37 heavy (non-hydrogen) atoms. The summed E-state index contributed by atoms with van der Waals surface area (Å²) in [4.78, 5) is 17.1. The molecule has 2 fully saturated rings. The van der Waals surface area contributed by atoms with Crippen LogP contribution in [0.3, 0.4) is 0 Å². The van der Waals surface area contributed by atoms with E-state index in [9.17, 15) is 0 Å². The Kier molecular flexibility index (Phi) is 5.64. The Hall–Kier alpha value is -3.74. The highest BCUT2D eigenvalue weighted by atomic mass is 15.0. The lowest BCUT2D eigenvalue weighted by molar-refractivity contribution is 0.614. The van der Waals surface area contributed by atoms with Crippen LogP contribution in [-0.2, 0) is 0 Å². The molecule has 0 saturated carbocycles. The third-order valence-electron chi connectivity index (χ3n) is 7.89. The third-order valence-corrected chi connectivity index (χ3v) is 7.89. The van der Waals surface area contributed by atoms with Crippen LogP contribution in [0.1, 0.15) is 55.0 Å². The summed E-state index contributed by atoms with van der Waals surface area (Å²) in [5.74, 6) is 2.09. The van der Waals surface area contributed by atoms with E-state index in [0.29, 0.717) is 12.1 Å². The van der Waals surface area contributed by atoms with Crippen LogP contribution in [0, 0.1) is 6.92 Å². The summed E-state index contributed by atoms with van der Waals surface area (Å²) in [5, 5.41) is 9.49. The molecule has 186 valence electrons. The summed E-state index contributed by atoms with van der Waals surface area (Å²) >= 11 is 0. The Labute approximate surface area is 216 Å². The van der Waals surface area contributed by atoms with Gasteiger partial charge < -0.3 is 20.6 Å². The van der Waals surface area contributed by atoms with Crippen LogP contribution in [0.5, 0.6) is 0 Å². The number of nitrogens with one attached hydrogen (secondary N) is 4. The van der Waals surface area contributed by atoms with E-state index >= 15 is 0 Å². The van der Waals surface area contributed by atoms with E-state index in [1.165, 1.54) is 34.7 Å². The van der Waals surface area contributed by atoms with Crippen molar-refractivity contribution in [2.75, 3.05) is 13.1 Å². The molecule has 0 aliphatic carbocycles. The van der Waals surface area contributed by atoms with Crippen LogP contribution in [0.2, 0.25) is 0 Å². The Bertz CT molecular complexity index is 1670. The molecular formula is C31H32N6. The van der Waals surface area contributed by atoms with E-state index in [2.05, 4.69) is 94.3 Å². The van der Waals surface area contributed by atoms with Gasteiger partial charge in [-0.25, -0.2) is 9.97 Å². The summed E-state index contributed by atoms with van der Waals surface area (Å²) in [5.41, 5.74) is 7.76.